The van der Waals surface area contributed by atoms with Crippen molar-refractivity contribution in [1.82, 2.24) is 14.3 Å². The number of amides is 1. The van der Waals surface area contributed by atoms with E-state index < -0.39 is 0 Å². The molecule has 2 fully saturated rings. The molecule has 0 saturated carbocycles. The van der Waals surface area contributed by atoms with Crippen molar-refractivity contribution in [3.05, 3.63) is 65.5 Å². The van der Waals surface area contributed by atoms with Crippen molar-refractivity contribution in [2.24, 2.45) is 5.92 Å². The zero-order valence-electron chi connectivity index (χ0n) is 20.5. The molecule has 3 aromatic rings. The first-order valence-corrected chi connectivity index (χ1v) is 13.2. The second kappa shape index (κ2) is 10.6. The predicted molar refractivity (Wildman–Crippen MR) is 141 cm³/mol. The van der Waals surface area contributed by atoms with Crippen molar-refractivity contribution in [2.75, 3.05) is 56.2 Å². The Labute approximate surface area is 211 Å². The van der Waals surface area contributed by atoms with Gasteiger partial charge < -0.3 is 19.4 Å². The topological polar surface area (TPSA) is 61.8 Å². The number of nitrogens with zero attached hydrogens (tertiary/aromatic N) is 5. The monoisotopic (exact) mass is 491 g/mol. The van der Waals surface area contributed by atoms with Crippen LogP contribution in [0.4, 0.5) is 10.8 Å². The highest BCUT2D eigenvalue weighted by Crippen LogP contribution is 2.30. The van der Waals surface area contributed by atoms with E-state index in [4.69, 9.17) is 9.72 Å². The van der Waals surface area contributed by atoms with Crippen molar-refractivity contribution < 1.29 is 9.53 Å². The molecule has 0 radical (unpaired) electrons. The number of methoxy groups -OCH3 is 1. The number of rotatable bonds is 6. The third-order valence-electron chi connectivity index (χ3n) is 7.07. The first-order chi connectivity index (χ1) is 17.1. The molecule has 184 valence electrons. The van der Waals surface area contributed by atoms with E-state index in [0.29, 0.717) is 5.91 Å². The molecule has 2 saturated heterocycles. The van der Waals surface area contributed by atoms with Crippen LogP contribution in [0.1, 0.15) is 29.8 Å². The van der Waals surface area contributed by atoms with Gasteiger partial charge in [-0.2, -0.15) is 4.37 Å². The van der Waals surface area contributed by atoms with Crippen LogP contribution in [0.2, 0.25) is 0 Å². The van der Waals surface area contributed by atoms with Crippen LogP contribution in [-0.4, -0.2) is 66.5 Å². The molecule has 2 aliphatic rings. The molecule has 0 spiro atoms. The minimum absolute atomic E-state index is 0.101. The Kier molecular flexibility index (Phi) is 7.18. The number of ether oxygens (including phenoxy) is 1. The highest BCUT2D eigenvalue weighted by molar-refractivity contribution is 7.09. The predicted octanol–water partition coefficient (Wildman–Crippen LogP) is 4.01. The smallest absolute Gasteiger partial charge is 0.225 e. The maximum Gasteiger partial charge on any atom is 0.225 e. The van der Waals surface area contributed by atoms with Gasteiger partial charge >= 0.3 is 0 Å². The van der Waals surface area contributed by atoms with Gasteiger partial charge in [-0.05, 0) is 37.5 Å². The van der Waals surface area contributed by atoms with Gasteiger partial charge in [-0.25, -0.2) is 4.98 Å². The van der Waals surface area contributed by atoms with Crippen molar-refractivity contribution in [3.8, 4) is 5.75 Å². The van der Waals surface area contributed by atoms with Gasteiger partial charge in [-0.1, -0.05) is 42.0 Å². The number of hydrogen-bond acceptors (Lipinski definition) is 7. The summed E-state index contributed by atoms with van der Waals surface area (Å²) in [5, 5.41) is 0.975. The maximum absolute atomic E-state index is 13.2. The number of piperazine rings is 1. The second-order valence-electron chi connectivity index (χ2n) is 9.40. The van der Waals surface area contributed by atoms with E-state index in [0.717, 1.165) is 80.9 Å². The summed E-state index contributed by atoms with van der Waals surface area (Å²) in [6, 6.07) is 16.6. The molecule has 0 N–H and O–H groups in total. The highest BCUT2D eigenvalue weighted by Gasteiger charge is 2.31. The molecule has 3 heterocycles. The van der Waals surface area contributed by atoms with Gasteiger partial charge in [0, 0.05) is 63.1 Å². The minimum atomic E-state index is 0.101. The Bertz CT molecular complexity index is 1130. The van der Waals surface area contributed by atoms with Crippen LogP contribution in [0.15, 0.2) is 48.5 Å². The summed E-state index contributed by atoms with van der Waals surface area (Å²) in [6.07, 6.45) is 2.50. The van der Waals surface area contributed by atoms with Crippen LogP contribution in [0.5, 0.6) is 5.75 Å². The zero-order valence-corrected chi connectivity index (χ0v) is 21.3. The van der Waals surface area contributed by atoms with Crippen LogP contribution in [0.3, 0.4) is 0 Å². The average Bonchev–Trinajstić information content (AvgIpc) is 3.38. The van der Waals surface area contributed by atoms with Gasteiger partial charge in [-0.15, -0.1) is 0 Å². The van der Waals surface area contributed by atoms with Gasteiger partial charge in [-0.3, -0.25) is 4.79 Å². The molecule has 5 rings (SSSR count). The van der Waals surface area contributed by atoms with Gasteiger partial charge in [0.1, 0.15) is 11.6 Å². The lowest BCUT2D eigenvalue weighted by Crippen LogP contribution is -2.51. The van der Waals surface area contributed by atoms with Crippen molar-refractivity contribution in [1.29, 1.82) is 0 Å². The minimum Gasteiger partial charge on any atom is -0.495 e. The molecule has 0 bridgehead atoms. The van der Waals surface area contributed by atoms with E-state index >= 15 is 0 Å². The summed E-state index contributed by atoms with van der Waals surface area (Å²) < 4.78 is 10.1. The summed E-state index contributed by atoms with van der Waals surface area (Å²) >= 11 is 1.47. The molecular formula is C27H33N5O2S. The molecule has 2 aromatic carbocycles. The third kappa shape index (κ3) is 5.42. The van der Waals surface area contributed by atoms with E-state index in [2.05, 4.69) is 56.3 Å². The summed E-state index contributed by atoms with van der Waals surface area (Å²) in [5.74, 6) is 2.17. The lowest BCUT2D eigenvalue weighted by molar-refractivity contribution is -0.136. The molecule has 1 amide bonds. The number of aryl methyl sites for hydroxylation is 1. The van der Waals surface area contributed by atoms with Crippen LogP contribution >= 0.6 is 11.5 Å². The quantitative estimate of drug-likeness (QED) is 0.519. The van der Waals surface area contributed by atoms with Crippen LogP contribution in [-0.2, 0) is 11.2 Å². The highest BCUT2D eigenvalue weighted by atomic mass is 32.1. The Balaban J connectivity index is 1.11. The average molecular weight is 492 g/mol. The summed E-state index contributed by atoms with van der Waals surface area (Å²) in [6.45, 7) is 7.00. The normalized spacial score (nSPS) is 17.0. The first kappa shape index (κ1) is 23.6. The Hall–Kier alpha value is -3.13. The van der Waals surface area contributed by atoms with Crippen LogP contribution < -0.4 is 14.5 Å². The number of carbonyl (C=O) groups is 1. The summed E-state index contributed by atoms with van der Waals surface area (Å²) in [4.78, 5) is 24.7. The molecule has 0 unspecified atom stereocenters. The number of carbonyl (C=O) groups excluding carboxylic acids is 1. The maximum atomic E-state index is 13.2. The van der Waals surface area contributed by atoms with E-state index in [-0.39, 0.29) is 5.92 Å². The van der Waals surface area contributed by atoms with Crippen molar-refractivity contribution in [2.45, 2.75) is 26.2 Å². The number of piperidine rings is 1. The van der Waals surface area contributed by atoms with Crippen molar-refractivity contribution in [3.63, 3.8) is 0 Å². The van der Waals surface area contributed by atoms with E-state index in [1.54, 1.807) is 7.11 Å². The molecule has 1 aromatic heterocycles. The molecule has 2 aliphatic heterocycles. The molecule has 7 nitrogen and oxygen atoms in total. The Morgan fingerprint density at radius 2 is 1.69 bits per heavy atom. The third-order valence-corrected chi connectivity index (χ3v) is 7.89. The van der Waals surface area contributed by atoms with Crippen LogP contribution in [0, 0.1) is 12.8 Å². The number of anilines is 2. The number of hydrogen-bond donors (Lipinski definition) is 0. The molecule has 0 aliphatic carbocycles. The molecule has 35 heavy (non-hydrogen) atoms. The Morgan fingerprint density at radius 1 is 0.971 bits per heavy atom. The van der Waals surface area contributed by atoms with Crippen LogP contribution in [0.25, 0.3) is 0 Å². The zero-order chi connectivity index (χ0) is 24.2. The van der Waals surface area contributed by atoms with E-state index in [1.807, 2.05) is 18.2 Å². The lowest BCUT2D eigenvalue weighted by atomic mass is 9.95. The van der Waals surface area contributed by atoms with Crippen molar-refractivity contribution >= 4 is 28.3 Å². The van der Waals surface area contributed by atoms with Gasteiger partial charge in [0.25, 0.3) is 0 Å². The van der Waals surface area contributed by atoms with Gasteiger partial charge in [0.15, 0.2) is 0 Å². The largest absolute Gasteiger partial charge is 0.495 e. The summed E-state index contributed by atoms with van der Waals surface area (Å²) in [5.41, 5.74) is 3.60. The van der Waals surface area contributed by atoms with E-state index in [9.17, 15) is 4.79 Å². The fraction of sp³-hybridized carbons (Fsp3) is 0.444. The number of benzene rings is 2. The lowest BCUT2D eigenvalue weighted by Gasteiger charge is -2.39. The van der Waals surface area contributed by atoms with Gasteiger partial charge in [0.2, 0.25) is 11.0 Å². The standard InChI is InChI=1S/C27H33N5O2S/c1-20-7-9-21(10-8-20)19-25-28-27(35-29-25)32-13-11-22(12-14-32)26(33)31-17-15-30(16-18-31)23-5-3-4-6-24(23)34-2/h3-10,22H,11-19H2,1-2H3. The van der Waals surface area contributed by atoms with E-state index in [1.165, 1.54) is 22.7 Å². The first-order valence-electron chi connectivity index (χ1n) is 12.4. The summed E-state index contributed by atoms with van der Waals surface area (Å²) in [7, 11) is 1.71. The number of para-hydroxylation sites is 2. The Morgan fingerprint density at radius 3 is 2.40 bits per heavy atom. The fourth-order valence-electron chi connectivity index (χ4n) is 4.97. The van der Waals surface area contributed by atoms with Gasteiger partial charge in [0.05, 0.1) is 12.8 Å². The molecule has 8 heteroatoms. The molecular weight excluding hydrogens is 458 g/mol. The fourth-order valence-corrected chi connectivity index (χ4v) is 5.70. The number of aromatic nitrogens is 2. The molecule has 0 atom stereocenters. The second-order valence-corrected chi connectivity index (χ2v) is 10.1. The SMILES string of the molecule is COc1ccccc1N1CCN(C(=O)C2CCN(c3nc(Cc4ccc(C)cc4)ns3)CC2)CC1.